The van der Waals surface area contributed by atoms with Crippen LogP contribution in [0.15, 0.2) is 30.3 Å². The molecule has 1 rings (SSSR count). The minimum atomic E-state index is -0.409. The van der Waals surface area contributed by atoms with E-state index in [1.165, 1.54) is 0 Å². The van der Waals surface area contributed by atoms with Gasteiger partial charge in [0.1, 0.15) is 11.9 Å². The molecule has 0 aliphatic rings. The maximum atomic E-state index is 9.98. The van der Waals surface area contributed by atoms with Crippen LogP contribution in [0.25, 0.3) is 0 Å². The lowest BCUT2D eigenvalue weighted by Crippen LogP contribution is -2.28. The van der Waals surface area contributed by atoms with E-state index in [0.717, 1.165) is 38.0 Å². The fourth-order valence-corrected chi connectivity index (χ4v) is 1.80. The summed E-state index contributed by atoms with van der Waals surface area (Å²) in [6.07, 6.45) is 3.34. The van der Waals surface area contributed by atoms with Crippen LogP contribution in [-0.2, 0) is 4.74 Å². The number of benzene rings is 1. The highest BCUT2D eigenvalue weighted by molar-refractivity contribution is 5.21. The molecule has 0 aliphatic heterocycles. The van der Waals surface area contributed by atoms with E-state index in [9.17, 15) is 5.11 Å². The molecule has 1 aromatic carbocycles. The summed E-state index contributed by atoms with van der Waals surface area (Å²) >= 11 is 0. The number of hydrogen-bond donors (Lipinski definition) is 1. The molecular weight excluding hydrogens is 228 g/mol. The van der Waals surface area contributed by atoms with Crippen LogP contribution >= 0.6 is 0 Å². The molecule has 0 heterocycles. The van der Waals surface area contributed by atoms with Crippen molar-refractivity contribution in [2.24, 2.45) is 0 Å². The Balaban J connectivity index is 2.18. The van der Waals surface area contributed by atoms with Crippen LogP contribution in [0.3, 0.4) is 0 Å². The summed E-state index contributed by atoms with van der Waals surface area (Å²) in [6.45, 7) is 2.71. The Hall–Kier alpha value is -1.06. The van der Waals surface area contributed by atoms with Gasteiger partial charge >= 0.3 is 0 Å². The third kappa shape index (κ3) is 6.03. The summed E-state index contributed by atoms with van der Waals surface area (Å²) in [4.78, 5) is 0. The molecule has 0 bridgehead atoms. The van der Waals surface area contributed by atoms with Gasteiger partial charge < -0.3 is 14.6 Å². The molecule has 1 N–H and O–H groups in total. The van der Waals surface area contributed by atoms with Gasteiger partial charge in [0.05, 0.1) is 6.10 Å². The van der Waals surface area contributed by atoms with Crippen molar-refractivity contribution in [2.45, 2.75) is 44.8 Å². The highest BCUT2D eigenvalue weighted by Gasteiger charge is 2.15. The lowest BCUT2D eigenvalue weighted by atomic mass is 10.1. The largest absolute Gasteiger partial charge is 0.488 e. The summed E-state index contributed by atoms with van der Waals surface area (Å²) in [5, 5.41) is 9.98. The van der Waals surface area contributed by atoms with Crippen molar-refractivity contribution < 1.29 is 14.6 Å². The zero-order valence-electron chi connectivity index (χ0n) is 11.3. The number of para-hydroxylation sites is 1. The number of methoxy groups -OCH3 is 1. The van der Waals surface area contributed by atoms with Crippen molar-refractivity contribution >= 4 is 0 Å². The molecule has 2 atom stereocenters. The Bertz CT molecular complexity index is 300. The molecule has 1 aromatic rings. The summed E-state index contributed by atoms with van der Waals surface area (Å²) < 4.78 is 10.7. The highest BCUT2D eigenvalue weighted by Crippen LogP contribution is 2.15. The number of hydrogen-bond acceptors (Lipinski definition) is 3. The fourth-order valence-electron chi connectivity index (χ4n) is 1.80. The van der Waals surface area contributed by atoms with Crippen molar-refractivity contribution in [3.63, 3.8) is 0 Å². The Morgan fingerprint density at radius 2 is 1.83 bits per heavy atom. The van der Waals surface area contributed by atoms with E-state index in [2.05, 4.69) is 0 Å². The third-order valence-corrected chi connectivity index (χ3v) is 2.96. The van der Waals surface area contributed by atoms with Gasteiger partial charge in [0, 0.05) is 13.7 Å². The van der Waals surface area contributed by atoms with E-state index in [1.54, 1.807) is 7.11 Å². The molecular formula is C15H24O3. The zero-order valence-corrected chi connectivity index (χ0v) is 11.3. The first-order valence-corrected chi connectivity index (χ1v) is 6.62. The summed E-state index contributed by atoms with van der Waals surface area (Å²) in [7, 11) is 1.71. The molecule has 0 spiro atoms. The minimum Gasteiger partial charge on any atom is -0.488 e. The molecule has 18 heavy (non-hydrogen) atoms. The smallest absolute Gasteiger partial charge is 0.122 e. The van der Waals surface area contributed by atoms with Gasteiger partial charge in [0.2, 0.25) is 0 Å². The molecule has 0 amide bonds. The summed E-state index contributed by atoms with van der Waals surface area (Å²) in [5.41, 5.74) is 0. The van der Waals surface area contributed by atoms with Gasteiger partial charge in [-0.15, -0.1) is 0 Å². The lowest BCUT2D eigenvalue weighted by Gasteiger charge is -2.20. The number of aliphatic hydroxyl groups excluding tert-OH is 1. The monoisotopic (exact) mass is 252 g/mol. The quantitative estimate of drug-likeness (QED) is 0.687. The predicted octanol–water partition coefficient (Wildman–Crippen LogP) is 3.02. The van der Waals surface area contributed by atoms with E-state index >= 15 is 0 Å². The Kier molecular flexibility index (Phi) is 7.46. The molecule has 0 radical (unpaired) electrons. The van der Waals surface area contributed by atoms with Crippen molar-refractivity contribution in [2.75, 3.05) is 13.7 Å². The first-order chi connectivity index (χ1) is 8.74. The minimum absolute atomic E-state index is 0.171. The van der Waals surface area contributed by atoms with E-state index in [4.69, 9.17) is 9.47 Å². The molecule has 0 saturated carbocycles. The maximum Gasteiger partial charge on any atom is 0.122 e. The predicted molar refractivity (Wildman–Crippen MR) is 72.9 cm³/mol. The molecule has 0 aromatic heterocycles. The molecule has 2 unspecified atom stereocenters. The van der Waals surface area contributed by atoms with Crippen molar-refractivity contribution in [1.29, 1.82) is 0 Å². The van der Waals surface area contributed by atoms with Gasteiger partial charge in [-0.3, -0.25) is 0 Å². The van der Waals surface area contributed by atoms with Gasteiger partial charge in [0.25, 0.3) is 0 Å². The second-order valence-corrected chi connectivity index (χ2v) is 4.55. The van der Waals surface area contributed by atoms with Gasteiger partial charge in [-0.2, -0.15) is 0 Å². The van der Waals surface area contributed by atoms with Crippen LogP contribution in [-0.4, -0.2) is 31.0 Å². The SMILES string of the molecule is COCCCCCC(O)C(C)Oc1ccccc1. The number of aliphatic hydroxyl groups is 1. The number of rotatable bonds is 9. The van der Waals surface area contributed by atoms with Crippen LogP contribution in [0.2, 0.25) is 0 Å². The van der Waals surface area contributed by atoms with Gasteiger partial charge in [-0.05, 0) is 31.9 Å². The van der Waals surface area contributed by atoms with E-state index in [0.29, 0.717) is 0 Å². The van der Waals surface area contributed by atoms with E-state index in [-0.39, 0.29) is 6.10 Å². The molecule has 0 aliphatic carbocycles. The summed E-state index contributed by atoms with van der Waals surface area (Å²) in [6, 6.07) is 9.62. The standard InChI is InChI=1S/C15H24O3/c1-13(18-14-9-5-3-6-10-14)15(16)11-7-4-8-12-17-2/h3,5-6,9-10,13,15-16H,4,7-8,11-12H2,1-2H3. The van der Waals surface area contributed by atoms with Crippen LogP contribution in [0, 0.1) is 0 Å². The van der Waals surface area contributed by atoms with Crippen molar-refractivity contribution in [3.05, 3.63) is 30.3 Å². The van der Waals surface area contributed by atoms with E-state index < -0.39 is 6.10 Å². The molecule has 0 fully saturated rings. The topological polar surface area (TPSA) is 38.7 Å². The molecule has 0 saturated heterocycles. The van der Waals surface area contributed by atoms with Crippen molar-refractivity contribution in [1.82, 2.24) is 0 Å². The fraction of sp³-hybridized carbons (Fsp3) is 0.600. The van der Waals surface area contributed by atoms with Gasteiger partial charge in [0.15, 0.2) is 0 Å². The Morgan fingerprint density at radius 3 is 2.50 bits per heavy atom. The van der Waals surface area contributed by atoms with Crippen LogP contribution in [0.5, 0.6) is 5.75 Å². The van der Waals surface area contributed by atoms with Crippen LogP contribution in [0.1, 0.15) is 32.6 Å². The second kappa shape index (κ2) is 8.95. The lowest BCUT2D eigenvalue weighted by molar-refractivity contribution is 0.0397. The first kappa shape index (κ1) is 15.0. The Labute approximate surface area is 110 Å². The van der Waals surface area contributed by atoms with Crippen LogP contribution < -0.4 is 4.74 Å². The normalized spacial score (nSPS) is 14.2. The highest BCUT2D eigenvalue weighted by atomic mass is 16.5. The zero-order chi connectivity index (χ0) is 13.2. The van der Waals surface area contributed by atoms with E-state index in [1.807, 2.05) is 37.3 Å². The average molecular weight is 252 g/mol. The molecule has 102 valence electrons. The molecule has 3 heteroatoms. The first-order valence-electron chi connectivity index (χ1n) is 6.62. The van der Waals surface area contributed by atoms with Gasteiger partial charge in [-0.1, -0.05) is 31.0 Å². The Morgan fingerprint density at radius 1 is 1.11 bits per heavy atom. The molecule has 3 nitrogen and oxygen atoms in total. The third-order valence-electron chi connectivity index (χ3n) is 2.96. The maximum absolute atomic E-state index is 9.98. The number of unbranched alkanes of at least 4 members (excludes halogenated alkanes) is 2. The van der Waals surface area contributed by atoms with Crippen LogP contribution in [0.4, 0.5) is 0 Å². The summed E-state index contributed by atoms with van der Waals surface area (Å²) in [5.74, 6) is 0.809. The van der Waals surface area contributed by atoms with Gasteiger partial charge in [-0.25, -0.2) is 0 Å². The van der Waals surface area contributed by atoms with Crippen molar-refractivity contribution in [3.8, 4) is 5.75 Å². The second-order valence-electron chi connectivity index (χ2n) is 4.55. The number of ether oxygens (including phenoxy) is 2. The average Bonchev–Trinajstić information content (AvgIpc) is 2.39.